The van der Waals surface area contributed by atoms with Crippen LogP contribution >= 0.6 is 0 Å². The summed E-state index contributed by atoms with van der Waals surface area (Å²) < 4.78 is 2.07. The number of pyridine rings is 1. The van der Waals surface area contributed by atoms with Gasteiger partial charge in [0.15, 0.2) is 11.5 Å². The highest BCUT2D eigenvalue weighted by atomic mass is 15.2. The summed E-state index contributed by atoms with van der Waals surface area (Å²) in [7, 11) is 0. The van der Waals surface area contributed by atoms with Gasteiger partial charge in [-0.15, -0.1) is 0 Å². The Kier molecular flexibility index (Phi) is 4.74. The number of nitrogens with one attached hydrogen (secondary N) is 2. The van der Waals surface area contributed by atoms with Crippen molar-refractivity contribution in [3.05, 3.63) is 66.5 Å². The normalized spacial score (nSPS) is 19.8. The number of allylic oxidation sites excluding steroid dienone is 2. The minimum absolute atomic E-state index is 0.165. The summed E-state index contributed by atoms with van der Waals surface area (Å²) in [5.74, 6) is 2.38. The van der Waals surface area contributed by atoms with E-state index in [2.05, 4.69) is 57.2 Å². The molecule has 30 heavy (non-hydrogen) atoms. The van der Waals surface area contributed by atoms with E-state index in [0.29, 0.717) is 13.0 Å². The van der Waals surface area contributed by atoms with Gasteiger partial charge in [0.1, 0.15) is 17.2 Å². The molecule has 2 unspecified atom stereocenters. The molecule has 0 radical (unpaired) electrons. The number of aliphatic imine (C=N–C) groups is 1. The van der Waals surface area contributed by atoms with E-state index in [9.17, 15) is 0 Å². The summed E-state index contributed by atoms with van der Waals surface area (Å²) in [5, 5.41) is 6.89. The molecule has 2 atom stereocenters. The molecule has 3 aromatic rings. The van der Waals surface area contributed by atoms with Crippen LogP contribution in [0.2, 0.25) is 0 Å². The van der Waals surface area contributed by atoms with Crippen molar-refractivity contribution < 1.29 is 0 Å². The summed E-state index contributed by atoms with van der Waals surface area (Å²) in [6.07, 6.45) is 14.4. The molecule has 2 N–H and O–H groups in total. The van der Waals surface area contributed by atoms with Crippen LogP contribution in [0, 0.1) is 0 Å². The molecule has 0 saturated carbocycles. The van der Waals surface area contributed by atoms with Crippen molar-refractivity contribution in [2.75, 3.05) is 11.9 Å². The van der Waals surface area contributed by atoms with Crippen molar-refractivity contribution in [3.63, 3.8) is 0 Å². The first-order valence-electron chi connectivity index (χ1n) is 10.2. The van der Waals surface area contributed by atoms with E-state index in [1.54, 1.807) is 6.20 Å². The predicted molar refractivity (Wildman–Crippen MR) is 118 cm³/mol. The zero-order valence-electron chi connectivity index (χ0n) is 17.0. The second kappa shape index (κ2) is 7.70. The van der Waals surface area contributed by atoms with Crippen LogP contribution in [0.1, 0.15) is 31.3 Å². The van der Waals surface area contributed by atoms with E-state index in [1.807, 2.05) is 30.7 Å². The number of nitrogens with zero attached hydrogens (tertiary/aromatic N) is 6. The topological polar surface area (TPSA) is 92.9 Å². The number of rotatable bonds is 6. The first kappa shape index (κ1) is 18.5. The fourth-order valence-corrected chi connectivity index (χ4v) is 3.75. The Morgan fingerprint density at radius 3 is 2.90 bits per heavy atom. The Balaban J connectivity index is 1.44. The maximum atomic E-state index is 4.81. The molecule has 0 saturated heterocycles. The summed E-state index contributed by atoms with van der Waals surface area (Å²) in [5.41, 5.74) is 2.68. The van der Waals surface area contributed by atoms with Crippen LogP contribution in [0.25, 0.3) is 11.2 Å². The van der Waals surface area contributed by atoms with Gasteiger partial charge < -0.3 is 15.2 Å². The van der Waals surface area contributed by atoms with Crippen molar-refractivity contribution in [1.29, 1.82) is 0 Å². The standard InChI is InChI=1S/C22H24N8/c1-14(2)30-13-25-20-21(24-12-19-26-16-7-3-4-8-17(16)27-19)28-18(29-22(20)30)10-15-6-5-9-23-11-15/h3-9,11,13-14,16-17H,10,12H2,1-2H3,(H,26,27)(H,24,28,29). The summed E-state index contributed by atoms with van der Waals surface area (Å²) in [4.78, 5) is 23.1. The highest BCUT2D eigenvalue weighted by Gasteiger charge is 2.25. The first-order valence-corrected chi connectivity index (χ1v) is 10.2. The quantitative estimate of drug-likeness (QED) is 0.661. The molecule has 1 aliphatic heterocycles. The minimum Gasteiger partial charge on any atom is -0.364 e. The van der Waals surface area contributed by atoms with E-state index in [1.165, 1.54) is 0 Å². The van der Waals surface area contributed by atoms with Gasteiger partial charge in [-0.1, -0.05) is 30.4 Å². The summed E-state index contributed by atoms with van der Waals surface area (Å²) in [6, 6.07) is 4.62. The zero-order chi connectivity index (χ0) is 20.5. The zero-order valence-corrected chi connectivity index (χ0v) is 17.0. The van der Waals surface area contributed by atoms with Crippen LogP contribution in [0.4, 0.5) is 5.82 Å². The summed E-state index contributed by atoms with van der Waals surface area (Å²) in [6.45, 7) is 4.80. The third-order valence-corrected chi connectivity index (χ3v) is 5.28. The number of imidazole rings is 1. The fraction of sp³-hybridized carbons (Fsp3) is 0.318. The second-order valence-corrected chi connectivity index (χ2v) is 7.80. The average Bonchev–Trinajstić information content (AvgIpc) is 3.36. The highest BCUT2D eigenvalue weighted by molar-refractivity contribution is 5.91. The Morgan fingerprint density at radius 1 is 1.20 bits per heavy atom. The molecular formula is C22H24N8. The lowest BCUT2D eigenvalue weighted by atomic mass is 10.1. The smallest absolute Gasteiger partial charge is 0.166 e. The molecule has 0 bridgehead atoms. The van der Waals surface area contributed by atoms with Gasteiger partial charge in [-0.3, -0.25) is 9.98 Å². The average molecular weight is 400 g/mol. The number of hydrogen-bond acceptors (Lipinski definition) is 7. The minimum atomic E-state index is 0.165. The summed E-state index contributed by atoms with van der Waals surface area (Å²) >= 11 is 0. The largest absolute Gasteiger partial charge is 0.364 e. The maximum absolute atomic E-state index is 4.81. The van der Waals surface area contributed by atoms with Gasteiger partial charge in [0.25, 0.3) is 0 Å². The van der Waals surface area contributed by atoms with E-state index < -0.39 is 0 Å². The third kappa shape index (κ3) is 3.56. The van der Waals surface area contributed by atoms with Crippen LogP contribution < -0.4 is 10.6 Å². The Labute approximate surface area is 174 Å². The lowest BCUT2D eigenvalue weighted by Crippen LogP contribution is -2.35. The molecule has 0 aromatic carbocycles. The SMILES string of the molecule is CC(C)n1cnc2c(NCC3=NC4C=CC=CC4N3)nc(Cc3cccnc3)nc21. The molecule has 3 aromatic heterocycles. The maximum Gasteiger partial charge on any atom is 0.166 e. The number of hydrogen-bond donors (Lipinski definition) is 2. The Hall–Kier alpha value is -3.55. The molecular weight excluding hydrogens is 376 g/mol. The van der Waals surface area contributed by atoms with Gasteiger partial charge in [-0.2, -0.15) is 0 Å². The lowest BCUT2D eigenvalue weighted by Gasteiger charge is -2.14. The first-order chi connectivity index (χ1) is 14.7. The molecule has 0 fully saturated rings. The Morgan fingerprint density at radius 2 is 2.10 bits per heavy atom. The van der Waals surface area contributed by atoms with Gasteiger partial charge in [0, 0.05) is 24.9 Å². The van der Waals surface area contributed by atoms with Gasteiger partial charge in [0.05, 0.1) is 25.0 Å². The second-order valence-electron chi connectivity index (χ2n) is 7.80. The van der Waals surface area contributed by atoms with Crippen LogP contribution in [-0.4, -0.2) is 49.0 Å². The molecule has 1 aliphatic carbocycles. The van der Waals surface area contributed by atoms with E-state index in [0.717, 1.165) is 34.2 Å². The molecule has 4 heterocycles. The number of anilines is 1. The van der Waals surface area contributed by atoms with Crippen molar-refractivity contribution in [2.24, 2.45) is 4.99 Å². The highest BCUT2D eigenvalue weighted by Crippen LogP contribution is 2.23. The molecule has 0 spiro atoms. The van der Waals surface area contributed by atoms with E-state index >= 15 is 0 Å². The van der Waals surface area contributed by atoms with Crippen molar-refractivity contribution in [3.8, 4) is 0 Å². The fourth-order valence-electron chi connectivity index (χ4n) is 3.75. The van der Waals surface area contributed by atoms with Crippen molar-refractivity contribution in [2.45, 2.75) is 38.4 Å². The van der Waals surface area contributed by atoms with Gasteiger partial charge in [0.2, 0.25) is 0 Å². The molecule has 8 heteroatoms. The van der Waals surface area contributed by atoms with Crippen LogP contribution in [-0.2, 0) is 6.42 Å². The molecule has 8 nitrogen and oxygen atoms in total. The number of fused-ring (bicyclic) bond motifs is 2. The lowest BCUT2D eigenvalue weighted by molar-refractivity contribution is 0.612. The number of aromatic nitrogens is 5. The predicted octanol–water partition coefficient (Wildman–Crippen LogP) is 2.67. The third-order valence-electron chi connectivity index (χ3n) is 5.28. The van der Waals surface area contributed by atoms with E-state index in [-0.39, 0.29) is 18.1 Å². The Bertz CT molecular complexity index is 1140. The molecule has 0 amide bonds. The van der Waals surface area contributed by atoms with Gasteiger partial charge >= 0.3 is 0 Å². The van der Waals surface area contributed by atoms with Crippen LogP contribution in [0.5, 0.6) is 0 Å². The van der Waals surface area contributed by atoms with Gasteiger partial charge in [-0.05, 0) is 25.5 Å². The van der Waals surface area contributed by atoms with Crippen LogP contribution in [0.3, 0.4) is 0 Å². The van der Waals surface area contributed by atoms with E-state index in [4.69, 9.17) is 15.0 Å². The number of amidine groups is 1. The van der Waals surface area contributed by atoms with Gasteiger partial charge in [-0.25, -0.2) is 15.0 Å². The van der Waals surface area contributed by atoms with Crippen LogP contribution in [0.15, 0.2) is 60.2 Å². The molecule has 5 rings (SSSR count). The van der Waals surface area contributed by atoms with Crippen molar-refractivity contribution >= 4 is 22.8 Å². The molecule has 152 valence electrons. The monoisotopic (exact) mass is 400 g/mol. The molecule has 2 aliphatic rings. The van der Waals surface area contributed by atoms with Crippen molar-refractivity contribution in [1.82, 2.24) is 29.8 Å².